The lowest BCUT2D eigenvalue weighted by Gasteiger charge is -2.21. The molecule has 3 rings (SSSR count). The maximum Gasteiger partial charge on any atom is 0.274 e. The van der Waals surface area contributed by atoms with Gasteiger partial charge in [0.1, 0.15) is 12.0 Å². The molecule has 2 aliphatic rings. The molecule has 18 heavy (non-hydrogen) atoms. The molecule has 2 saturated heterocycles. The van der Waals surface area contributed by atoms with Gasteiger partial charge in [-0.15, -0.1) is 0 Å². The van der Waals surface area contributed by atoms with E-state index in [-0.39, 0.29) is 11.3 Å². The molecule has 1 aromatic heterocycles. The summed E-state index contributed by atoms with van der Waals surface area (Å²) in [5.74, 6) is -0.105. The third kappa shape index (κ3) is 1.97. The number of nitrogens with zero attached hydrogens (tertiary/aromatic N) is 3. The van der Waals surface area contributed by atoms with E-state index in [0.717, 1.165) is 39.1 Å². The van der Waals surface area contributed by atoms with Gasteiger partial charge < -0.3 is 9.64 Å². The number of amides is 1. The number of likely N-dealkylation sites (tertiary alicyclic amines) is 1. The molecule has 0 aliphatic carbocycles. The molecule has 5 nitrogen and oxygen atoms in total. The van der Waals surface area contributed by atoms with Crippen molar-refractivity contribution in [2.45, 2.75) is 12.8 Å². The van der Waals surface area contributed by atoms with Gasteiger partial charge >= 0.3 is 0 Å². The fourth-order valence-corrected chi connectivity index (χ4v) is 2.89. The van der Waals surface area contributed by atoms with Crippen LogP contribution in [0.25, 0.3) is 0 Å². The summed E-state index contributed by atoms with van der Waals surface area (Å²) in [6.45, 7) is 3.05. The molecular weight excluding hydrogens is 254 g/mol. The Morgan fingerprint density at radius 2 is 2.39 bits per heavy atom. The fourth-order valence-electron chi connectivity index (χ4n) is 2.70. The number of ether oxygens (including phenoxy) is 1. The minimum atomic E-state index is -0.105. The van der Waals surface area contributed by atoms with Crippen LogP contribution in [0.5, 0.6) is 0 Å². The van der Waals surface area contributed by atoms with E-state index in [0.29, 0.717) is 10.7 Å². The Hall–Kier alpha value is -1.20. The maximum absolute atomic E-state index is 12.3. The Kier molecular flexibility index (Phi) is 2.95. The van der Waals surface area contributed by atoms with Crippen molar-refractivity contribution < 1.29 is 9.53 Å². The summed E-state index contributed by atoms with van der Waals surface area (Å²) in [5.41, 5.74) is 0.456. The van der Waals surface area contributed by atoms with Crippen LogP contribution in [0.15, 0.2) is 12.5 Å². The van der Waals surface area contributed by atoms with E-state index in [1.807, 2.05) is 4.90 Å². The molecule has 96 valence electrons. The molecule has 1 aromatic rings. The highest BCUT2D eigenvalue weighted by atomic mass is 35.5. The molecular formula is C12H14ClN3O2. The number of carbonyl (C=O) groups excluding carboxylic acids is 1. The summed E-state index contributed by atoms with van der Waals surface area (Å²) in [6.07, 6.45) is 4.84. The lowest BCUT2D eigenvalue weighted by molar-refractivity contribution is 0.0760. The number of hydrogen-bond acceptors (Lipinski definition) is 4. The third-order valence-electron chi connectivity index (χ3n) is 3.78. The second kappa shape index (κ2) is 4.48. The van der Waals surface area contributed by atoms with Crippen molar-refractivity contribution in [1.82, 2.24) is 14.9 Å². The summed E-state index contributed by atoms with van der Waals surface area (Å²) in [7, 11) is 0. The van der Waals surface area contributed by atoms with Gasteiger partial charge in [0.25, 0.3) is 5.91 Å². The zero-order chi connectivity index (χ0) is 12.6. The van der Waals surface area contributed by atoms with Crippen LogP contribution in [-0.2, 0) is 4.74 Å². The highest BCUT2D eigenvalue weighted by Crippen LogP contribution is 2.38. The first-order chi connectivity index (χ1) is 8.70. The molecule has 6 heteroatoms. The third-order valence-corrected chi connectivity index (χ3v) is 4.06. The van der Waals surface area contributed by atoms with Crippen LogP contribution < -0.4 is 0 Å². The van der Waals surface area contributed by atoms with Crippen LogP contribution in [0.3, 0.4) is 0 Å². The van der Waals surface area contributed by atoms with Gasteiger partial charge in [-0.2, -0.15) is 0 Å². The fraction of sp³-hybridized carbons (Fsp3) is 0.583. The molecule has 1 atom stereocenters. The average molecular weight is 268 g/mol. The van der Waals surface area contributed by atoms with Crippen molar-refractivity contribution in [3.05, 3.63) is 23.2 Å². The SMILES string of the molecule is O=C(c1ncncc1Cl)N1CC[C@]2(CCOC2)C1. The molecule has 0 bridgehead atoms. The molecule has 1 amide bonds. The smallest absolute Gasteiger partial charge is 0.274 e. The minimum Gasteiger partial charge on any atom is -0.381 e. The topological polar surface area (TPSA) is 55.3 Å². The lowest BCUT2D eigenvalue weighted by Crippen LogP contribution is -2.33. The van der Waals surface area contributed by atoms with Gasteiger partial charge in [-0.1, -0.05) is 11.6 Å². The van der Waals surface area contributed by atoms with E-state index in [2.05, 4.69) is 9.97 Å². The number of carbonyl (C=O) groups is 1. The summed E-state index contributed by atoms with van der Waals surface area (Å²) in [6, 6.07) is 0. The van der Waals surface area contributed by atoms with E-state index in [1.165, 1.54) is 12.5 Å². The molecule has 1 spiro atoms. The summed E-state index contributed by atoms with van der Waals surface area (Å²) in [4.78, 5) is 21.9. The second-order valence-corrected chi connectivity index (χ2v) is 5.41. The van der Waals surface area contributed by atoms with Gasteiger partial charge in [-0.25, -0.2) is 9.97 Å². The van der Waals surface area contributed by atoms with E-state index in [9.17, 15) is 4.79 Å². The average Bonchev–Trinajstić information content (AvgIpc) is 3.00. The van der Waals surface area contributed by atoms with Gasteiger partial charge in [-0.05, 0) is 12.8 Å². The quantitative estimate of drug-likeness (QED) is 0.771. The number of aromatic nitrogens is 2. The lowest BCUT2D eigenvalue weighted by atomic mass is 9.87. The predicted octanol–water partition coefficient (Wildman–Crippen LogP) is 1.38. The Morgan fingerprint density at radius 3 is 3.11 bits per heavy atom. The first-order valence-corrected chi connectivity index (χ1v) is 6.41. The van der Waals surface area contributed by atoms with Gasteiger partial charge in [-0.3, -0.25) is 4.79 Å². The standard InChI is InChI=1S/C12H14ClN3O2/c13-9-5-14-8-15-10(9)11(17)16-3-1-12(6-16)2-4-18-7-12/h5,8H,1-4,6-7H2/t12-/m0/s1. The normalized spacial score (nSPS) is 27.1. The summed E-state index contributed by atoms with van der Waals surface area (Å²) >= 11 is 5.95. The first-order valence-electron chi connectivity index (χ1n) is 6.03. The van der Waals surface area contributed by atoms with Crippen LogP contribution in [0.2, 0.25) is 5.02 Å². The van der Waals surface area contributed by atoms with Gasteiger partial charge in [0.2, 0.25) is 0 Å². The van der Waals surface area contributed by atoms with E-state index in [4.69, 9.17) is 16.3 Å². The van der Waals surface area contributed by atoms with Gasteiger partial charge in [0, 0.05) is 31.3 Å². The van der Waals surface area contributed by atoms with Crippen LogP contribution in [-0.4, -0.2) is 47.1 Å². The Balaban J connectivity index is 1.77. The molecule has 0 aromatic carbocycles. The molecule has 0 unspecified atom stereocenters. The van der Waals surface area contributed by atoms with Crippen LogP contribution in [0, 0.1) is 5.41 Å². The van der Waals surface area contributed by atoms with Crippen LogP contribution in [0.4, 0.5) is 0 Å². The van der Waals surface area contributed by atoms with Gasteiger partial charge in [0.05, 0.1) is 11.6 Å². The zero-order valence-electron chi connectivity index (χ0n) is 9.93. The monoisotopic (exact) mass is 267 g/mol. The van der Waals surface area contributed by atoms with Crippen molar-refractivity contribution in [1.29, 1.82) is 0 Å². The Labute approximate surface area is 110 Å². The molecule has 3 heterocycles. The summed E-state index contributed by atoms with van der Waals surface area (Å²) in [5, 5.41) is 0.311. The molecule has 2 fully saturated rings. The molecule has 0 N–H and O–H groups in total. The highest BCUT2D eigenvalue weighted by molar-refractivity contribution is 6.33. The minimum absolute atomic E-state index is 0.105. The highest BCUT2D eigenvalue weighted by Gasteiger charge is 2.43. The maximum atomic E-state index is 12.3. The first kappa shape index (κ1) is 11.9. The molecule has 2 aliphatic heterocycles. The number of rotatable bonds is 1. The van der Waals surface area contributed by atoms with Crippen molar-refractivity contribution in [2.24, 2.45) is 5.41 Å². The zero-order valence-corrected chi connectivity index (χ0v) is 10.7. The van der Waals surface area contributed by atoms with Crippen molar-refractivity contribution in [2.75, 3.05) is 26.3 Å². The van der Waals surface area contributed by atoms with Gasteiger partial charge in [0.15, 0.2) is 0 Å². The van der Waals surface area contributed by atoms with Crippen molar-refractivity contribution >= 4 is 17.5 Å². The molecule has 0 saturated carbocycles. The van der Waals surface area contributed by atoms with Crippen LogP contribution >= 0.6 is 11.6 Å². The van der Waals surface area contributed by atoms with E-state index in [1.54, 1.807) is 0 Å². The van der Waals surface area contributed by atoms with Crippen molar-refractivity contribution in [3.63, 3.8) is 0 Å². The van der Waals surface area contributed by atoms with Crippen molar-refractivity contribution in [3.8, 4) is 0 Å². The number of halogens is 1. The second-order valence-electron chi connectivity index (χ2n) is 5.00. The predicted molar refractivity (Wildman–Crippen MR) is 65.4 cm³/mol. The Morgan fingerprint density at radius 1 is 1.50 bits per heavy atom. The van der Waals surface area contributed by atoms with E-state index < -0.39 is 0 Å². The molecule has 0 radical (unpaired) electrons. The Bertz CT molecular complexity index is 474. The largest absolute Gasteiger partial charge is 0.381 e. The van der Waals surface area contributed by atoms with Crippen LogP contribution in [0.1, 0.15) is 23.3 Å². The number of hydrogen-bond donors (Lipinski definition) is 0. The summed E-state index contributed by atoms with van der Waals surface area (Å²) < 4.78 is 5.45. The van der Waals surface area contributed by atoms with E-state index >= 15 is 0 Å².